The lowest BCUT2D eigenvalue weighted by atomic mass is 10.1. The molecule has 3 nitrogen and oxygen atoms in total. The number of benzene rings is 1. The number of hydrogen-bond donors (Lipinski definition) is 1. The summed E-state index contributed by atoms with van der Waals surface area (Å²) in [4.78, 5) is 13.0. The van der Waals surface area contributed by atoms with Crippen molar-refractivity contribution in [2.24, 2.45) is 0 Å². The van der Waals surface area contributed by atoms with E-state index in [1.807, 2.05) is 12.1 Å². The molecule has 1 aliphatic rings. The van der Waals surface area contributed by atoms with Gasteiger partial charge in [0.1, 0.15) is 0 Å². The molecule has 0 radical (unpaired) electrons. The third-order valence-electron chi connectivity index (χ3n) is 2.54. The molecule has 1 amide bonds. The van der Waals surface area contributed by atoms with Crippen LogP contribution >= 0.6 is 11.8 Å². The fourth-order valence-electron chi connectivity index (χ4n) is 1.72. The quantitative estimate of drug-likeness (QED) is 0.806. The first-order valence-electron chi connectivity index (χ1n) is 5.32. The second kappa shape index (κ2) is 5.37. The van der Waals surface area contributed by atoms with Gasteiger partial charge in [-0.05, 0) is 18.1 Å². The number of ether oxygens (including phenoxy) is 1. The van der Waals surface area contributed by atoms with Gasteiger partial charge >= 0.3 is 0 Å². The van der Waals surface area contributed by atoms with Crippen LogP contribution in [0.2, 0.25) is 0 Å². The molecule has 4 heteroatoms. The van der Waals surface area contributed by atoms with E-state index >= 15 is 0 Å². The molecule has 2 rings (SSSR count). The number of rotatable bonds is 4. The van der Waals surface area contributed by atoms with Crippen molar-refractivity contribution in [2.45, 2.75) is 16.6 Å². The minimum Gasteiger partial charge on any atom is -0.383 e. The lowest BCUT2D eigenvalue weighted by molar-refractivity contribution is -0.120. The van der Waals surface area contributed by atoms with E-state index in [0.29, 0.717) is 13.2 Å². The minimum atomic E-state index is 0.0225. The second-order valence-electron chi connectivity index (χ2n) is 3.70. The largest absolute Gasteiger partial charge is 0.383 e. The Balaban J connectivity index is 1.88. The average Bonchev–Trinajstić information content (AvgIpc) is 2.73. The smallest absolute Gasteiger partial charge is 0.233 e. The third-order valence-corrected chi connectivity index (χ3v) is 3.86. The number of carbonyl (C=O) groups is 1. The number of carbonyl (C=O) groups excluding carboxylic acids is 1. The number of hydrogen-bond acceptors (Lipinski definition) is 3. The van der Waals surface area contributed by atoms with E-state index in [9.17, 15) is 4.79 Å². The molecule has 0 fully saturated rings. The molecule has 0 aliphatic carbocycles. The highest BCUT2D eigenvalue weighted by Crippen LogP contribution is 2.36. The zero-order chi connectivity index (χ0) is 11.4. The Morgan fingerprint density at radius 3 is 3.12 bits per heavy atom. The summed E-state index contributed by atoms with van der Waals surface area (Å²) in [6, 6.07) is 8.19. The van der Waals surface area contributed by atoms with Crippen molar-refractivity contribution in [3.8, 4) is 0 Å². The molecule has 1 N–H and O–H groups in total. The molecular weight excluding hydrogens is 222 g/mol. The maximum Gasteiger partial charge on any atom is 0.233 e. The monoisotopic (exact) mass is 237 g/mol. The Bertz CT molecular complexity index is 356. The van der Waals surface area contributed by atoms with Gasteiger partial charge in [-0.1, -0.05) is 18.2 Å². The Morgan fingerprint density at radius 1 is 1.56 bits per heavy atom. The van der Waals surface area contributed by atoms with Crippen LogP contribution in [0.5, 0.6) is 0 Å². The van der Waals surface area contributed by atoms with Gasteiger partial charge in [0, 0.05) is 18.6 Å². The van der Waals surface area contributed by atoms with Crippen LogP contribution in [0.1, 0.15) is 5.56 Å². The summed E-state index contributed by atoms with van der Waals surface area (Å²) in [7, 11) is 1.63. The number of methoxy groups -OCH3 is 1. The lowest BCUT2D eigenvalue weighted by Gasteiger charge is -2.09. The van der Waals surface area contributed by atoms with E-state index in [-0.39, 0.29) is 11.2 Å². The highest BCUT2D eigenvalue weighted by Gasteiger charge is 2.27. The van der Waals surface area contributed by atoms with E-state index in [1.54, 1.807) is 18.9 Å². The molecule has 1 aromatic carbocycles. The van der Waals surface area contributed by atoms with Crippen molar-refractivity contribution >= 4 is 17.7 Å². The van der Waals surface area contributed by atoms with Gasteiger partial charge < -0.3 is 10.1 Å². The third kappa shape index (κ3) is 2.57. The van der Waals surface area contributed by atoms with Gasteiger partial charge in [0.25, 0.3) is 0 Å². The van der Waals surface area contributed by atoms with Gasteiger partial charge in [0.05, 0.1) is 11.9 Å². The molecular formula is C12H15NO2S. The van der Waals surface area contributed by atoms with Crippen molar-refractivity contribution in [3.63, 3.8) is 0 Å². The molecule has 1 aromatic rings. The molecule has 86 valence electrons. The highest BCUT2D eigenvalue weighted by atomic mass is 32.2. The van der Waals surface area contributed by atoms with Crippen LogP contribution in [0.4, 0.5) is 0 Å². The Morgan fingerprint density at radius 2 is 2.38 bits per heavy atom. The van der Waals surface area contributed by atoms with Gasteiger partial charge in [-0.15, -0.1) is 11.8 Å². The molecule has 1 atom stereocenters. The van der Waals surface area contributed by atoms with Gasteiger partial charge in [-0.25, -0.2) is 0 Å². The Kier molecular flexibility index (Phi) is 3.85. The number of nitrogens with one attached hydrogen (secondary N) is 1. The first-order chi connectivity index (χ1) is 7.81. The normalized spacial score (nSPS) is 18.2. The van der Waals surface area contributed by atoms with Crippen molar-refractivity contribution in [3.05, 3.63) is 29.8 Å². The van der Waals surface area contributed by atoms with Crippen LogP contribution in [-0.2, 0) is 16.0 Å². The number of amides is 1. The van der Waals surface area contributed by atoms with Gasteiger partial charge in [0.15, 0.2) is 0 Å². The molecule has 16 heavy (non-hydrogen) atoms. The molecule has 0 spiro atoms. The van der Waals surface area contributed by atoms with E-state index in [1.165, 1.54) is 10.5 Å². The minimum absolute atomic E-state index is 0.0225. The van der Waals surface area contributed by atoms with Crippen LogP contribution in [-0.4, -0.2) is 31.4 Å². The fourth-order valence-corrected chi connectivity index (χ4v) is 2.94. The van der Waals surface area contributed by atoms with Crippen molar-refractivity contribution in [1.29, 1.82) is 0 Å². The van der Waals surface area contributed by atoms with E-state index in [0.717, 1.165) is 6.42 Å². The zero-order valence-electron chi connectivity index (χ0n) is 9.23. The van der Waals surface area contributed by atoms with E-state index < -0.39 is 0 Å². The topological polar surface area (TPSA) is 38.3 Å². The Hall–Kier alpha value is -1.00. The summed E-state index contributed by atoms with van der Waals surface area (Å²) in [6.07, 6.45) is 0.833. The van der Waals surface area contributed by atoms with Crippen molar-refractivity contribution in [2.75, 3.05) is 20.3 Å². The maximum atomic E-state index is 11.8. The van der Waals surface area contributed by atoms with Crippen LogP contribution < -0.4 is 5.32 Å². The van der Waals surface area contributed by atoms with Crippen molar-refractivity contribution in [1.82, 2.24) is 5.32 Å². The number of fused-ring (bicyclic) bond motifs is 1. The summed E-state index contributed by atoms with van der Waals surface area (Å²) in [5.74, 6) is 0.109. The summed E-state index contributed by atoms with van der Waals surface area (Å²) in [6.45, 7) is 1.15. The molecule has 1 unspecified atom stereocenters. The maximum absolute atomic E-state index is 11.8. The Labute approximate surface area is 99.6 Å². The van der Waals surface area contributed by atoms with Crippen LogP contribution in [0.25, 0.3) is 0 Å². The van der Waals surface area contributed by atoms with Crippen LogP contribution in [0, 0.1) is 0 Å². The predicted octanol–water partition coefficient (Wildman–Crippen LogP) is 1.47. The molecule has 1 aliphatic heterocycles. The molecule has 0 bridgehead atoms. The molecule has 1 heterocycles. The predicted molar refractivity (Wildman–Crippen MR) is 64.7 cm³/mol. The fraction of sp³-hybridized carbons (Fsp3) is 0.417. The first-order valence-corrected chi connectivity index (χ1v) is 6.20. The SMILES string of the molecule is COCCNC(=O)C1Cc2ccccc2S1. The molecule has 0 saturated carbocycles. The van der Waals surface area contributed by atoms with Crippen LogP contribution in [0.15, 0.2) is 29.2 Å². The summed E-state index contributed by atoms with van der Waals surface area (Å²) >= 11 is 1.65. The average molecular weight is 237 g/mol. The summed E-state index contributed by atoms with van der Waals surface area (Å²) in [5, 5.41) is 2.90. The van der Waals surface area contributed by atoms with Gasteiger partial charge in [-0.3, -0.25) is 4.79 Å². The van der Waals surface area contributed by atoms with E-state index in [4.69, 9.17) is 4.74 Å². The van der Waals surface area contributed by atoms with Gasteiger partial charge in [0.2, 0.25) is 5.91 Å². The summed E-state index contributed by atoms with van der Waals surface area (Å²) < 4.78 is 4.90. The standard InChI is InChI=1S/C12H15NO2S/c1-15-7-6-13-12(14)11-8-9-4-2-3-5-10(9)16-11/h2-5,11H,6-8H2,1H3,(H,13,14). The zero-order valence-corrected chi connectivity index (χ0v) is 10.0. The number of thioether (sulfide) groups is 1. The van der Waals surface area contributed by atoms with Crippen molar-refractivity contribution < 1.29 is 9.53 Å². The van der Waals surface area contributed by atoms with E-state index in [2.05, 4.69) is 17.4 Å². The van der Waals surface area contributed by atoms with Crippen LogP contribution in [0.3, 0.4) is 0 Å². The highest BCUT2D eigenvalue weighted by molar-refractivity contribution is 8.01. The first kappa shape index (κ1) is 11.5. The molecule has 0 saturated heterocycles. The van der Waals surface area contributed by atoms with Gasteiger partial charge in [-0.2, -0.15) is 0 Å². The summed E-state index contributed by atoms with van der Waals surface area (Å²) in [5.41, 5.74) is 1.28. The lowest BCUT2D eigenvalue weighted by Crippen LogP contribution is -2.34. The molecule has 0 aromatic heterocycles. The second-order valence-corrected chi connectivity index (χ2v) is 4.95.